The molecule has 0 aliphatic heterocycles. The SMILES string of the molecule is CC(C)(NC(=O)c1cccc(F)c1O)C(=O)O. The van der Waals surface area contributed by atoms with Gasteiger partial charge in [0.2, 0.25) is 0 Å². The van der Waals surface area contributed by atoms with E-state index in [2.05, 4.69) is 5.32 Å². The van der Waals surface area contributed by atoms with Gasteiger partial charge in [-0.25, -0.2) is 9.18 Å². The fourth-order valence-electron chi connectivity index (χ4n) is 1.10. The molecular weight excluding hydrogens is 229 g/mol. The third-order valence-corrected chi connectivity index (χ3v) is 2.19. The molecule has 1 aromatic carbocycles. The first kappa shape index (κ1) is 13.0. The molecule has 0 heterocycles. The molecule has 1 amide bonds. The van der Waals surface area contributed by atoms with E-state index >= 15 is 0 Å². The lowest BCUT2D eigenvalue weighted by Gasteiger charge is -2.21. The van der Waals surface area contributed by atoms with E-state index in [9.17, 15) is 19.1 Å². The second-order valence-corrected chi connectivity index (χ2v) is 4.02. The van der Waals surface area contributed by atoms with Crippen molar-refractivity contribution in [1.82, 2.24) is 5.32 Å². The molecule has 0 aromatic heterocycles. The summed E-state index contributed by atoms with van der Waals surface area (Å²) < 4.78 is 13.0. The Kier molecular flexibility index (Phi) is 3.36. The van der Waals surface area contributed by atoms with Gasteiger partial charge in [0.1, 0.15) is 5.54 Å². The molecule has 3 N–H and O–H groups in total. The number of para-hydroxylation sites is 1. The van der Waals surface area contributed by atoms with Crippen LogP contribution in [-0.2, 0) is 4.79 Å². The predicted octanol–water partition coefficient (Wildman–Crippen LogP) is 1.12. The zero-order valence-electron chi connectivity index (χ0n) is 9.32. The number of carbonyl (C=O) groups is 2. The predicted molar refractivity (Wildman–Crippen MR) is 57.2 cm³/mol. The highest BCUT2D eigenvalue weighted by atomic mass is 19.1. The molecule has 0 spiro atoms. The van der Waals surface area contributed by atoms with Crippen molar-refractivity contribution < 1.29 is 24.2 Å². The number of aromatic hydroxyl groups is 1. The average Bonchev–Trinajstić information content (AvgIpc) is 2.21. The molecule has 0 saturated carbocycles. The van der Waals surface area contributed by atoms with Crippen molar-refractivity contribution in [2.24, 2.45) is 0 Å². The number of aliphatic carboxylic acids is 1. The summed E-state index contributed by atoms with van der Waals surface area (Å²) in [5.41, 5.74) is -1.81. The molecule has 0 radical (unpaired) electrons. The maximum atomic E-state index is 13.0. The Morgan fingerprint density at radius 1 is 1.35 bits per heavy atom. The highest BCUT2D eigenvalue weighted by Crippen LogP contribution is 2.21. The Hall–Kier alpha value is -2.11. The third-order valence-electron chi connectivity index (χ3n) is 2.19. The van der Waals surface area contributed by atoms with Crippen molar-refractivity contribution >= 4 is 11.9 Å². The lowest BCUT2D eigenvalue weighted by Crippen LogP contribution is -2.49. The number of hydrogen-bond donors (Lipinski definition) is 3. The fourth-order valence-corrected chi connectivity index (χ4v) is 1.10. The van der Waals surface area contributed by atoms with Crippen LogP contribution in [0.5, 0.6) is 5.75 Å². The first-order valence-electron chi connectivity index (χ1n) is 4.79. The van der Waals surface area contributed by atoms with E-state index in [0.717, 1.165) is 6.07 Å². The number of nitrogens with one attached hydrogen (secondary N) is 1. The molecule has 0 bridgehead atoms. The van der Waals surface area contributed by atoms with Gasteiger partial charge in [0.25, 0.3) is 5.91 Å². The van der Waals surface area contributed by atoms with Crippen LogP contribution in [0, 0.1) is 5.82 Å². The van der Waals surface area contributed by atoms with Crippen LogP contribution < -0.4 is 5.32 Å². The Labute approximate surface area is 96.9 Å². The number of phenols is 1. The van der Waals surface area contributed by atoms with Crippen LogP contribution in [0.1, 0.15) is 24.2 Å². The molecular formula is C11H12FNO4. The van der Waals surface area contributed by atoms with E-state index in [1.54, 1.807) is 0 Å². The van der Waals surface area contributed by atoms with Gasteiger partial charge >= 0.3 is 5.97 Å². The minimum Gasteiger partial charge on any atom is -0.504 e. The van der Waals surface area contributed by atoms with Crippen LogP contribution in [-0.4, -0.2) is 27.6 Å². The molecule has 1 rings (SSSR count). The smallest absolute Gasteiger partial charge is 0.328 e. The molecule has 5 nitrogen and oxygen atoms in total. The highest BCUT2D eigenvalue weighted by Gasteiger charge is 2.30. The number of phenolic OH excluding ortho intramolecular Hbond substituents is 1. The van der Waals surface area contributed by atoms with Crippen LogP contribution >= 0.6 is 0 Å². The van der Waals surface area contributed by atoms with E-state index < -0.39 is 29.0 Å². The molecule has 0 aliphatic carbocycles. The monoisotopic (exact) mass is 241 g/mol. The molecule has 6 heteroatoms. The van der Waals surface area contributed by atoms with Gasteiger partial charge in [-0.3, -0.25) is 4.79 Å². The molecule has 0 aliphatic rings. The number of benzene rings is 1. The summed E-state index contributed by atoms with van der Waals surface area (Å²) in [5.74, 6) is -3.83. The van der Waals surface area contributed by atoms with Gasteiger partial charge in [-0.05, 0) is 26.0 Å². The Balaban J connectivity index is 2.99. The van der Waals surface area contributed by atoms with Crippen molar-refractivity contribution in [3.8, 4) is 5.75 Å². The zero-order chi connectivity index (χ0) is 13.2. The largest absolute Gasteiger partial charge is 0.504 e. The molecule has 17 heavy (non-hydrogen) atoms. The highest BCUT2D eigenvalue weighted by molar-refractivity contribution is 5.99. The quantitative estimate of drug-likeness (QED) is 0.740. The summed E-state index contributed by atoms with van der Waals surface area (Å²) in [6.07, 6.45) is 0. The number of rotatable bonds is 3. The number of carbonyl (C=O) groups excluding carboxylic acids is 1. The Morgan fingerprint density at radius 2 is 1.94 bits per heavy atom. The lowest BCUT2D eigenvalue weighted by atomic mass is 10.0. The van der Waals surface area contributed by atoms with Gasteiger partial charge in [-0.15, -0.1) is 0 Å². The average molecular weight is 241 g/mol. The molecule has 0 saturated heterocycles. The lowest BCUT2D eigenvalue weighted by molar-refractivity contribution is -0.143. The van der Waals surface area contributed by atoms with Crippen molar-refractivity contribution in [1.29, 1.82) is 0 Å². The van der Waals surface area contributed by atoms with Crippen molar-refractivity contribution in [2.45, 2.75) is 19.4 Å². The minimum absolute atomic E-state index is 0.306. The van der Waals surface area contributed by atoms with E-state index in [0.29, 0.717) is 0 Å². The summed E-state index contributed by atoms with van der Waals surface area (Å²) >= 11 is 0. The molecule has 0 unspecified atom stereocenters. The summed E-state index contributed by atoms with van der Waals surface area (Å²) in [6.45, 7) is 2.56. The first-order valence-corrected chi connectivity index (χ1v) is 4.79. The Bertz CT molecular complexity index is 471. The fraction of sp³-hybridized carbons (Fsp3) is 0.273. The molecule has 92 valence electrons. The van der Waals surface area contributed by atoms with Crippen molar-refractivity contribution in [3.05, 3.63) is 29.6 Å². The number of carboxylic acid groups (broad SMARTS) is 1. The van der Waals surface area contributed by atoms with Gasteiger partial charge in [0, 0.05) is 0 Å². The second-order valence-electron chi connectivity index (χ2n) is 4.02. The van der Waals surface area contributed by atoms with Crippen LogP contribution in [0.25, 0.3) is 0 Å². The number of carboxylic acids is 1. The minimum atomic E-state index is -1.50. The van der Waals surface area contributed by atoms with Gasteiger partial charge in [0.15, 0.2) is 11.6 Å². The summed E-state index contributed by atoms with van der Waals surface area (Å²) in [6, 6.07) is 3.44. The third kappa shape index (κ3) is 2.72. The zero-order valence-corrected chi connectivity index (χ0v) is 9.32. The second kappa shape index (κ2) is 4.40. The molecule has 0 atom stereocenters. The van der Waals surface area contributed by atoms with Crippen LogP contribution in [0.3, 0.4) is 0 Å². The standard InChI is InChI=1S/C11H12FNO4/c1-11(2,10(16)17)13-9(15)6-4-3-5-7(12)8(6)14/h3-5,14H,1-2H3,(H,13,15)(H,16,17). The van der Waals surface area contributed by atoms with E-state index in [4.69, 9.17) is 5.11 Å². The van der Waals surface area contributed by atoms with Gasteiger partial charge in [0.05, 0.1) is 5.56 Å². The maximum Gasteiger partial charge on any atom is 0.328 e. The topological polar surface area (TPSA) is 86.6 Å². The number of amides is 1. The summed E-state index contributed by atoms with van der Waals surface area (Å²) in [5, 5.41) is 20.3. The first-order chi connectivity index (χ1) is 7.75. The van der Waals surface area contributed by atoms with Crippen LogP contribution in [0.2, 0.25) is 0 Å². The Morgan fingerprint density at radius 3 is 2.47 bits per heavy atom. The van der Waals surface area contributed by atoms with Crippen LogP contribution in [0.4, 0.5) is 4.39 Å². The van der Waals surface area contributed by atoms with Gasteiger partial charge < -0.3 is 15.5 Å². The van der Waals surface area contributed by atoms with E-state index in [1.165, 1.54) is 26.0 Å². The molecule has 1 aromatic rings. The van der Waals surface area contributed by atoms with Gasteiger partial charge in [-0.1, -0.05) is 6.07 Å². The van der Waals surface area contributed by atoms with Crippen molar-refractivity contribution in [3.63, 3.8) is 0 Å². The normalized spacial score (nSPS) is 11.0. The summed E-state index contributed by atoms with van der Waals surface area (Å²) in [7, 11) is 0. The van der Waals surface area contributed by atoms with Crippen LogP contribution in [0.15, 0.2) is 18.2 Å². The van der Waals surface area contributed by atoms with Gasteiger partial charge in [-0.2, -0.15) is 0 Å². The molecule has 0 fully saturated rings. The maximum absolute atomic E-state index is 13.0. The van der Waals surface area contributed by atoms with Crippen molar-refractivity contribution in [2.75, 3.05) is 0 Å². The van der Waals surface area contributed by atoms with E-state index in [-0.39, 0.29) is 5.56 Å². The summed E-state index contributed by atoms with van der Waals surface area (Å²) in [4.78, 5) is 22.4. The number of hydrogen-bond acceptors (Lipinski definition) is 3. The number of halogens is 1. The van der Waals surface area contributed by atoms with E-state index in [1.807, 2.05) is 0 Å².